The van der Waals surface area contributed by atoms with Crippen molar-refractivity contribution < 1.29 is 13.6 Å². The molecule has 0 bridgehead atoms. The van der Waals surface area contributed by atoms with E-state index in [1.54, 1.807) is 18.2 Å². The third-order valence-corrected chi connectivity index (χ3v) is 4.61. The molecule has 3 aromatic rings. The van der Waals surface area contributed by atoms with Crippen molar-refractivity contribution in [2.75, 3.05) is 6.54 Å². The molecule has 0 N–H and O–H groups in total. The minimum Gasteiger partial charge on any atom is -0.421 e. The quantitative estimate of drug-likeness (QED) is 0.723. The molecule has 0 unspecified atom stereocenters. The third kappa shape index (κ3) is 3.35. The first kappa shape index (κ1) is 16.4. The van der Waals surface area contributed by atoms with E-state index in [2.05, 4.69) is 22.3 Å². The highest BCUT2D eigenvalue weighted by atomic mass is 19.1. The van der Waals surface area contributed by atoms with Crippen molar-refractivity contribution in [1.29, 1.82) is 0 Å². The largest absolute Gasteiger partial charge is 0.421 e. The molecule has 0 atom stereocenters. The molecule has 0 saturated heterocycles. The second-order valence-corrected chi connectivity index (χ2v) is 6.31. The van der Waals surface area contributed by atoms with Gasteiger partial charge in [0.05, 0.1) is 5.56 Å². The number of rotatable bonds is 4. The topological polar surface area (TPSA) is 59.2 Å². The highest BCUT2D eigenvalue weighted by molar-refractivity contribution is 5.76. The first-order chi connectivity index (χ1) is 12.7. The number of nitrogens with zero attached hydrogens (tertiary/aromatic N) is 3. The number of hydrogen-bond acceptors (Lipinski definition) is 4. The van der Waals surface area contributed by atoms with Crippen LogP contribution in [0.1, 0.15) is 23.4 Å². The summed E-state index contributed by atoms with van der Waals surface area (Å²) in [5, 5.41) is 7.82. The molecule has 5 nitrogen and oxygen atoms in total. The lowest BCUT2D eigenvalue weighted by molar-refractivity contribution is -0.132. The fourth-order valence-electron chi connectivity index (χ4n) is 3.18. The van der Waals surface area contributed by atoms with E-state index < -0.39 is 5.82 Å². The van der Waals surface area contributed by atoms with E-state index in [-0.39, 0.29) is 17.4 Å². The van der Waals surface area contributed by atoms with Crippen molar-refractivity contribution in [3.63, 3.8) is 0 Å². The maximum atomic E-state index is 13.8. The number of amides is 1. The summed E-state index contributed by atoms with van der Waals surface area (Å²) in [6.45, 7) is 1.36. The number of carbonyl (C=O) groups excluding carboxylic acids is 1. The van der Waals surface area contributed by atoms with E-state index in [0.29, 0.717) is 25.3 Å². The Hall–Kier alpha value is -3.02. The normalized spacial score (nSPS) is 13.5. The van der Waals surface area contributed by atoms with Crippen LogP contribution in [-0.2, 0) is 24.2 Å². The summed E-state index contributed by atoms with van der Waals surface area (Å²) in [7, 11) is 0. The maximum Gasteiger partial charge on any atom is 0.250 e. The van der Waals surface area contributed by atoms with Crippen LogP contribution in [0.3, 0.4) is 0 Å². The molecular weight excluding hydrogens is 333 g/mol. The van der Waals surface area contributed by atoms with Crippen molar-refractivity contribution in [2.24, 2.45) is 0 Å². The average molecular weight is 351 g/mol. The molecule has 0 saturated carbocycles. The van der Waals surface area contributed by atoms with Gasteiger partial charge in [-0.25, -0.2) is 4.39 Å². The second kappa shape index (κ2) is 7.07. The van der Waals surface area contributed by atoms with E-state index in [4.69, 9.17) is 4.42 Å². The first-order valence-electron chi connectivity index (χ1n) is 8.62. The first-order valence-corrected chi connectivity index (χ1v) is 8.62. The van der Waals surface area contributed by atoms with Crippen molar-refractivity contribution in [3.8, 4) is 11.5 Å². The number of aromatic nitrogens is 2. The van der Waals surface area contributed by atoms with Gasteiger partial charge in [-0.2, -0.15) is 0 Å². The molecular formula is C20H18FN3O2. The van der Waals surface area contributed by atoms with Gasteiger partial charge in [-0.3, -0.25) is 4.79 Å². The van der Waals surface area contributed by atoms with Gasteiger partial charge in [0.2, 0.25) is 11.8 Å². The van der Waals surface area contributed by atoms with Crippen LogP contribution in [0, 0.1) is 5.82 Å². The average Bonchev–Trinajstić information content (AvgIpc) is 3.15. The van der Waals surface area contributed by atoms with E-state index in [1.807, 2.05) is 17.0 Å². The molecule has 0 aliphatic carbocycles. The molecule has 132 valence electrons. The maximum absolute atomic E-state index is 13.8. The molecule has 1 aliphatic rings. The standard InChI is InChI=1S/C20H18FN3O2/c21-17-8-4-3-7-16(17)20-23-22-18(26-20)9-10-19(25)24-12-11-14-5-1-2-6-15(14)13-24/h1-8H,9-13H2. The summed E-state index contributed by atoms with van der Waals surface area (Å²) in [6.07, 6.45) is 1.51. The van der Waals surface area contributed by atoms with Crippen LogP contribution in [0.5, 0.6) is 0 Å². The number of hydrogen-bond donors (Lipinski definition) is 0. The summed E-state index contributed by atoms with van der Waals surface area (Å²) in [5.74, 6) is 0.127. The Morgan fingerprint density at radius 2 is 1.85 bits per heavy atom. The number of aryl methyl sites for hydroxylation is 1. The lowest BCUT2D eigenvalue weighted by Gasteiger charge is -2.28. The zero-order chi connectivity index (χ0) is 17.9. The van der Waals surface area contributed by atoms with Gasteiger partial charge in [-0.05, 0) is 29.7 Å². The van der Waals surface area contributed by atoms with Crippen LogP contribution in [-0.4, -0.2) is 27.5 Å². The van der Waals surface area contributed by atoms with Crippen molar-refractivity contribution in [2.45, 2.75) is 25.8 Å². The van der Waals surface area contributed by atoms with Gasteiger partial charge in [-0.1, -0.05) is 36.4 Å². The molecule has 0 radical (unpaired) electrons. The minimum absolute atomic E-state index is 0.0603. The summed E-state index contributed by atoms with van der Waals surface area (Å²) < 4.78 is 19.3. The molecule has 0 fully saturated rings. The molecule has 26 heavy (non-hydrogen) atoms. The minimum atomic E-state index is -0.411. The molecule has 2 heterocycles. The van der Waals surface area contributed by atoms with Crippen molar-refractivity contribution in [3.05, 3.63) is 71.4 Å². The van der Waals surface area contributed by atoms with Crippen LogP contribution in [0.15, 0.2) is 52.9 Å². The zero-order valence-corrected chi connectivity index (χ0v) is 14.2. The predicted octanol–water partition coefficient (Wildman–Crippen LogP) is 3.39. The molecule has 0 spiro atoms. The SMILES string of the molecule is O=C(CCc1nnc(-c2ccccc2F)o1)N1CCc2ccccc2C1. The smallest absolute Gasteiger partial charge is 0.250 e. The summed E-state index contributed by atoms with van der Waals surface area (Å²) in [4.78, 5) is 14.3. The predicted molar refractivity (Wildman–Crippen MR) is 93.6 cm³/mol. The highest BCUT2D eigenvalue weighted by Crippen LogP contribution is 2.22. The Kier molecular flexibility index (Phi) is 4.48. The monoisotopic (exact) mass is 351 g/mol. The van der Waals surface area contributed by atoms with Gasteiger partial charge < -0.3 is 9.32 Å². The fraction of sp³-hybridized carbons (Fsp3) is 0.250. The van der Waals surface area contributed by atoms with E-state index in [1.165, 1.54) is 17.2 Å². The van der Waals surface area contributed by atoms with Gasteiger partial charge in [0.15, 0.2) is 0 Å². The van der Waals surface area contributed by atoms with E-state index >= 15 is 0 Å². The van der Waals surface area contributed by atoms with Crippen molar-refractivity contribution in [1.82, 2.24) is 15.1 Å². The van der Waals surface area contributed by atoms with Crippen LogP contribution in [0.4, 0.5) is 4.39 Å². The van der Waals surface area contributed by atoms with Crippen LogP contribution in [0.25, 0.3) is 11.5 Å². The Morgan fingerprint density at radius 3 is 2.69 bits per heavy atom. The fourth-order valence-corrected chi connectivity index (χ4v) is 3.18. The third-order valence-electron chi connectivity index (χ3n) is 4.61. The number of halogens is 1. The van der Waals surface area contributed by atoms with Crippen LogP contribution < -0.4 is 0 Å². The Bertz CT molecular complexity index is 938. The summed E-state index contributed by atoms with van der Waals surface area (Å²) >= 11 is 0. The van der Waals surface area contributed by atoms with Gasteiger partial charge in [0.25, 0.3) is 5.89 Å². The number of fused-ring (bicyclic) bond motifs is 1. The Morgan fingerprint density at radius 1 is 1.08 bits per heavy atom. The molecule has 1 aliphatic heterocycles. The van der Waals surface area contributed by atoms with Gasteiger partial charge in [0.1, 0.15) is 5.82 Å². The zero-order valence-electron chi connectivity index (χ0n) is 14.2. The summed E-state index contributed by atoms with van der Waals surface area (Å²) in [6, 6.07) is 14.4. The lowest BCUT2D eigenvalue weighted by Crippen LogP contribution is -2.36. The molecule has 4 rings (SSSR count). The Labute approximate surface area is 150 Å². The molecule has 1 amide bonds. The number of carbonyl (C=O) groups is 1. The van der Waals surface area contributed by atoms with Gasteiger partial charge >= 0.3 is 0 Å². The summed E-state index contributed by atoms with van der Waals surface area (Å²) in [5.41, 5.74) is 2.78. The van der Waals surface area contributed by atoms with Crippen molar-refractivity contribution >= 4 is 5.91 Å². The highest BCUT2D eigenvalue weighted by Gasteiger charge is 2.21. The molecule has 1 aromatic heterocycles. The number of benzene rings is 2. The van der Waals surface area contributed by atoms with Crippen LogP contribution >= 0.6 is 0 Å². The van der Waals surface area contributed by atoms with E-state index in [0.717, 1.165) is 13.0 Å². The molecule has 2 aromatic carbocycles. The molecule has 6 heteroatoms. The Balaban J connectivity index is 1.38. The second-order valence-electron chi connectivity index (χ2n) is 6.31. The van der Waals surface area contributed by atoms with Gasteiger partial charge in [0, 0.05) is 25.9 Å². The van der Waals surface area contributed by atoms with E-state index in [9.17, 15) is 9.18 Å². The van der Waals surface area contributed by atoms with Crippen LogP contribution in [0.2, 0.25) is 0 Å². The van der Waals surface area contributed by atoms with Gasteiger partial charge in [-0.15, -0.1) is 10.2 Å². The lowest BCUT2D eigenvalue weighted by atomic mass is 9.99.